The second-order valence-electron chi connectivity index (χ2n) is 2.27. The lowest BCUT2D eigenvalue weighted by Crippen LogP contribution is -1.86. The van der Waals surface area contributed by atoms with Crippen molar-refractivity contribution in [2.75, 3.05) is 0 Å². The van der Waals surface area contributed by atoms with Crippen LogP contribution in [0.2, 0.25) is 0 Å². The quantitative estimate of drug-likeness (QED) is 0.529. The zero-order valence-corrected chi connectivity index (χ0v) is 5.70. The van der Waals surface area contributed by atoms with Crippen LogP contribution in [-0.4, -0.2) is 9.38 Å². The summed E-state index contributed by atoms with van der Waals surface area (Å²) >= 11 is 0. The van der Waals surface area contributed by atoms with Gasteiger partial charge in [-0.2, -0.15) is 0 Å². The van der Waals surface area contributed by atoms with Crippen LogP contribution >= 0.6 is 0 Å². The Labute approximate surface area is 59.1 Å². The lowest BCUT2D eigenvalue weighted by atomic mass is 10.4. The molecular weight excluding hydrogens is 124 g/mol. The van der Waals surface area contributed by atoms with E-state index < -0.39 is 0 Å². The molecule has 0 aliphatic rings. The fourth-order valence-electron chi connectivity index (χ4n) is 1.03. The molecule has 0 saturated carbocycles. The van der Waals surface area contributed by atoms with Crippen LogP contribution in [0.5, 0.6) is 0 Å². The molecule has 0 unspecified atom stereocenters. The first-order chi connectivity index (χ1) is 4.88. The molecule has 2 heterocycles. The van der Waals surface area contributed by atoms with Crippen LogP contribution in [0.15, 0.2) is 24.4 Å². The van der Waals surface area contributed by atoms with E-state index >= 15 is 0 Å². The van der Waals surface area contributed by atoms with Gasteiger partial charge in [-0.15, -0.1) is 0 Å². The van der Waals surface area contributed by atoms with Gasteiger partial charge in [0.05, 0.1) is 0 Å². The maximum Gasteiger partial charge on any atom is 0.137 e. The topological polar surface area (TPSA) is 17.3 Å². The first-order valence-corrected chi connectivity index (χ1v) is 3.19. The summed E-state index contributed by atoms with van der Waals surface area (Å²) in [4.78, 5) is 4.02. The van der Waals surface area contributed by atoms with Gasteiger partial charge in [0.25, 0.3) is 0 Å². The molecule has 0 fully saturated rings. The summed E-state index contributed by atoms with van der Waals surface area (Å²) in [6.45, 7) is 2.04. The summed E-state index contributed by atoms with van der Waals surface area (Å²) in [5, 5.41) is 0. The zero-order chi connectivity index (χ0) is 6.97. The average molecular weight is 131 g/mol. The van der Waals surface area contributed by atoms with Gasteiger partial charge in [0.1, 0.15) is 11.8 Å². The smallest absolute Gasteiger partial charge is 0.137 e. The van der Waals surface area contributed by atoms with Crippen LogP contribution in [0.25, 0.3) is 5.65 Å². The third kappa shape index (κ3) is 0.620. The second-order valence-corrected chi connectivity index (χ2v) is 2.27. The standard InChI is InChI=1S/C8H7N2/c1-7-3-2-4-8-9-5-6-10(7)8/h2-4,6H,1H3. The van der Waals surface area contributed by atoms with E-state index in [1.807, 2.05) is 35.7 Å². The van der Waals surface area contributed by atoms with E-state index in [0.717, 1.165) is 5.65 Å². The van der Waals surface area contributed by atoms with Crippen molar-refractivity contribution in [3.8, 4) is 0 Å². The first-order valence-electron chi connectivity index (χ1n) is 3.19. The van der Waals surface area contributed by atoms with Crippen LogP contribution in [0, 0.1) is 13.1 Å². The van der Waals surface area contributed by atoms with Crippen molar-refractivity contribution in [3.05, 3.63) is 36.3 Å². The predicted octanol–water partition coefficient (Wildman–Crippen LogP) is 1.44. The molecule has 0 N–H and O–H groups in total. The molecular formula is C8H7N2. The van der Waals surface area contributed by atoms with Crippen LogP contribution in [0.4, 0.5) is 0 Å². The van der Waals surface area contributed by atoms with E-state index in [2.05, 4.69) is 11.2 Å². The van der Waals surface area contributed by atoms with Crippen molar-refractivity contribution < 1.29 is 0 Å². The molecule has 0 aromatic carbocycles. The van der Waals surface area contributed by atoms with Gasteiger partial charge >= 0.3 is 0 Å². The van der Waals surface area contributed by atoms with Crippen molar-refractivity contribution in [1.82, 2.24) is 9.38 Å². The molecule has 49 valence electrons. The van der Waals surface area contributed by atoms with Crippen molar-refractivity contribution in [3.63, 3.8) is 0 Å². The highest BCUT2D eigenvalue weighted by Crippen LogP contribution is 2.02. The molecule has 0 bridgehead atoms. The molecule has 0 amide bonds. The highest BCUT2D eigenvalue weighted by atomic mass is 15.0. The van der Waals surface area contributed by atoms with E-state index in [-0.39, 0.29) is 0 Å². The zero-order valence-electron chi connectivity index (χ0n) is 5.70. The maximum absolute atomic E-state index is 4.02. The minimum Gasteiger partial charge on any atom is -0.304 e. The number of hydrogen-bond acceptors (Lipinski definition) is 1. The number of hydrogen-bond donors (Lipinski definition) is 0. The summed E-state index contributed by atoms with van der Waals surface area (Å²) in [6, 6.07) is 6.00. The van der Waals surface area contributed by atoms with Crippen LogP contribution in [0.1, 0.15) is 5.69 Å². The van der Waals surface area contributed by atoms with E-state index in [4.69, 9.17) is 0 Å². The van der Waals surface area contributed by atoms with E-state index in [1.54, 1.807) is 0 Å². The minimum atomic E-state index is 0.958. The molecule has 10 heavy (non-hydrogen) atoms. The SMILES string of the molecule is Cc1cccc2n[c]cn12. The highest BCUT2D eigenvalue weighted by Gasteiger charge is 1.92. The van der Waals surface area contributed by atoms with Crippen molar-refractivity contribution in [1.29, 1.82) is 0 Å². The lowest BCUT2D eigenvalue weighted by molar-refractivity contribution is 1.09. The fraction of sp³-hybridized carbons (Fsp3) is 0.125. The second kappa shape index (κ2) is 1.84. The summed E-state index contributed by atoms with van der Waals surface area (Å²) < 4.78 is 2.00. The maximum atomic E-state index is 4.02. The molecule has 2 rings (SSSR count). The molecule has 0 spiro atoms. The molecule has 0 aliphatic heterocycles. The summed E-state index contributed by atoms with van der Waals surface area (Å²) in [5.74, 6) is 0. The normalized spacial score (nSPS) is 10.5. The average Bonchev–Trinajstić information content (AvgIpc) is 2.36. The van der Waals surface area contributed by atoms with E-state index in [0.29, 0.717) is 0 Å². The van der Waals surface area contributed by atoms with Gasteiger partial charge in [-0.1, -0.05) is 6.07 Å². The van der Waals surface area contributed by atoms with Gasteiger partial charge in [0, 0.05) is 11.9 Å². The van der Waals surface area contributed by atoms with E-state index in [1.165, 1.54) is 5.69 Å². The molecule has 0 aliphatic carbocycles. The van der Waals surface area contributed by atoms with Crippen molar-refractivity contribution in [2.24, 2.45) is 0 Å². The Morgan fingerprint density at radius 3 is 3.20 bits per heavy atom. The molecule has 2 heteroatoms. The highest BCUT2D eigenvalue weighted by molar-refractivity contribution is 5.38. The van der Waals surface area contributed by atoms with Gasteiger partial charge in [-0.3, -0.25) is 0 Å². The molecule has 0 atom stereocenters. The van der Waals surface area contributed by atoms with Crippen LogP contribution < -0.4 is 0 Å². The van der Waals surface area contributed by atoms with Gasteiger partial charge < -0.3 is 4.40 Å². The van der Waals surface area contributed by atoms with Gasteiger partial charge in [-0.25, -0.2) is 4.98 Å². The Morgan fingerprint density at radius 2 is 2.40 bits per heavy atom. The van der Waals surface area contributed by atoms with E-state index in [9.17, 15) is 0 Å². The Bertz CT molecular complexity index is 349. The number of nitrogens with zero attached hydrogens (tertiary/aromatic N) is 2. The molecule has 2 aromatic heterocycles. The Kier molecular flexibility index (Phi) is 1.01. The van der Waals surface area contributed by atoms with Gasteiger partial charge in [0.15, 0.2) is 0 Å². The fourth-order valence-corrected chi connectivity index (χ4v) is 1.03. The van der Waals surface area contributed by atoms with Gasteiger partial charge in [-0.05, 0) is 19.1 Å². The Balaban J connectivity index is 2.95. The Morgan fingerprint density at radius 1 is 1.50 bits per heavy atom. The number of pyridine rings is 1. The number of rotatable bonds is 0. The molecule has 2 nitrogen and oxygen atoms in total. The first kappa shape index (κ1) is 5.47. The number of fused-ring (bicyclic) bond motifs is 1. The lowest BCUT2D eigenvalue weighted by Gasteiger charge is -1.95. The third-order valence-corrected chi connectivity index (χ3v) is 1.58. The van der Waals surface area contributed by atoms with Crippen molar-refractivity contribution in [2.45, 2.75) is 6.92 Å². The Hall–Kier alpha value is -1.31. The van der Waals surface area contributed by atoms with Crippen LogP contribution in [-0.2, 0) is 0 Å². The van der Waals surface area contributed by atoms with Crippen molar-refractivity contribution >= 4 is 5.65 Å². The summed E-state index contributed by atoms with van der Waals surface area (Å²) in [6.07, 6.45) is 4.63. The number of aromatic nitrogens is 2. The molecule has 1 radical (unpaired) electrons. The summed E-state index contributed by atoms with van der Waals surface area (Å²) in [7, 11) is 0. The van der Waals surface area contributed by atoms with Gasteiger partial charge in [0.2, 0.25) is 0 Å². The summed E-state index contributed by atoms with van der Waals surface area (Å²) in [5.41, 5.74) is 2.14. The predicted molar refractivity (Wildman–Crippen MR) is 38.8 cm³/mol. The number of aryl methyl sites for hydroxylation is 1. The molecule has 2 aromatic rings. The minimum absolute atomic E-state index is 0.958. The monoisotopic (exact) mass is 131 g/mol. The number of imidazole rings is 1. The molecule has 0 saturated heterocycles. The third-order valence-electron chi connectivity index (χ3n) is 1.58. The largest absolute Gasteiger partial charge is 0.304 e. The van der Waals surface area contributed by atoms with Crippen LogP contribution in [0.3, 0.4) is 0 Å².